The van der Waals surface area contributed by atoms with Crippen LogP contribution in [0.2, 0.25) is 0 Å². The number of ether oxygens (including phenoxy) is 1. The van der Waals surface area contributed by atoms with Gasteiger partial charge in [-0.1, -0.05) is 0 Å². The summed E-state index contributed by atoms with van der Waals surface area (Å²) in [6.45, 7) is -0.170. The van der Waals surface area contributed by atoms with Crippen LogP contribution in [-0.4, -0.2) is 68.0 Å². The summed E-state index contributed by atoms with van der Waals surface area (Å²) in [5.41, 5.74) is -2.77. The fourth-order valence-electron chi connectivity index (χ4n) is 2.25. The molecule has 0 radical (unpaired) electrons. The highest BCUT2D eigenvalue weighted by Crippen LogP contribution is 2.45. The molecule has 1 aliphatic heterocycles. The fraction of sp³-hybridized carbons (Fsp3) is 0.833. The summed E-state index contributed by atoms with van der Waals surface area (Å²) in [6.07, 6.45) is -4.77. The summed E-state index contributed by atoms with van der Waals surface area (Å²) in [5.74, 6) is -2.31. The van der Waals surface area contributed by atoms with Gasteiger partial charge in [-0.2, -0.15) is 13.2 Å². The van der Waals surface area contributed by atoms with Crippen LogP contribution < -0.4 is 5.32 Å². The molecule has 0 spiro atoms. The number of carboxylic acids is 1. The van der Waals surface area contributed by atoms with Gasteiger partial charge in [0.25, 0.3) is 0 Å². The number of nitrogens with one attached hydrogen (secondary N) is 1. The van der Waals surface area contributed by atoms with Crippen LogP contribution in [0, 0.1) is 5.41 Å². The quantitative estimate of drug-likeness (QED) is 0.669. The molecule has 1 amide bonds. The first-order valence-corrected chi connectivity index (χ1v) is 6.51. The van der Waals surface area contributed by atoms with Gasteiger partial charge >= 0.3 is 12.1 Å². The second-order valence-corrected chi connectivity index (χ2v) is 5.04. The van der Waals surface area contributed by atoms with Crippen LogP contribution >= 0.6 is 0 Å². The molecule has 1 fully saturated rings. The van der Waals surface area contributed by atoms with E-state index in [0.717, 1.165) is 0 Å². The maximum Gasteiger partial charge on any atom is 0.406 e. The van der Waals surface area contributed by atoms with Crippen molar-refractivity contribution in [3.63, 3.8) is 0 Å². The van der Waals surface area contributed by atoms with Crippen molar-refractivity contribution in [1.82, 2.24) is 10.2 Å². The first-order valence-electron chi connectivity index (χ1n) is 6.51. The standard InChI is InChI=1S/C12H19F3N2O4/c1-21-6-2-4-16-9(18)7-17-5-3-11(8-17,10(19)20)12(13,14)15/h2-8H2,1H3,(H,16,18)(H,19,20). The smallest absolute Gasteiger partial charge is 0.406 e. The molecule has 6 nitrogen and oxygen atoms in total. The molecule has 0 bridgehead atoms. The molecule has 1 rings (SSSR count). The van der Waals surface area contributed by atoms with Crippen LogP contribution in [0.4, 0.5) is 13.2 Å². The zero-order chi connectivity index (χ0) is 16.1. The van der Waals surface area contributed by atoms with Crippen LogP contribution in [0.25, 0.3) is 0 Å². The van der Waals surface area contributed by atoms with E-state index in [1.165, 1.54) is 12.0 Å². The van der Waals surface area contributed by atoms with Crippen molar-refractivity contribution in [2.75, 3.05) is 39.9 Å². The Kier molecular flexibility index (Phi) is 5.97. The van der Waals surface area contributed by atoms with E-state index in [0.29, 0.717) is 19.6 Å². The molecule has 0 aromatic heterocycles. The lowest BCUT2D eigenvalue weighted by atomic mass is 9.86. The van der Waals surface area contributed by atoms with Gasteiger partial charge in [-0.05, 0) is 12.8 Å². The summed E-state index contributed by atoms with van der Waals surface area (Å²) < 4.78 is 43.6. The van der Waals surface area contributed by atoms with Gasteiger partial charge in [0.15, 0.2) is 5.41 Å². The Hall–Kier alpha value is -1.35. The Morgan fingerprint density at radius 2 is 2.10 bits per heavy atom. The van der Waals surface area contributed by atoms with E-state index in [2.05, 4.69) is 5.32 Å². The molecule has 1 saturated heterocycles. The van der Waals surface area contributed by atoms with Crippen molar-refractivity contribution in [3.8, 4) is 0 Å². The molecular weight excluding hydrogens is 293 g/mol. The van der Waals surface area contributed by atoms with E-state index in [4.69, 9.17) is 9.84 Å². The lowest BCUT2D eigenvalue weighted by Crippen LogP contribution is -2.48. The number of halogens is 3. The van der Waals surface area contributed by atoms with Crippen LogP contribution in [-0.2, 0) is 14.3 Å². The van der Waals surface area contributed by atoms with Gasteiger partial charge in [0.05, 0.1) is 6.54 Å². The molecule has 122 valence electrons. The molecule has 0 aromatic carbocycles. The monoisotopic (exact) mass is 312 g/mol. The number of methoxy groups -OCH3 is 1. The third-order valence-corrected chi connectivity index (χ3v) is 3.51. The van der Waals surface area contributed by atoms with Crippen molar-refractivity contribution in [2.45, 2.75) is 19.0 Å². The number of carboxylic acid groups (broad SMARTS) is 1. The van der Waals surface area contributed by atoms with E-state index < -0.39 is 36.4 Å². The highest BCUT2D eigenvalue weighted by atomic mass is 19.4. The fourth-order valence-corrected chi connectivity index (χ4v) is 2.25. The predicted octanol–water partition coefficient (Wildman–Crippen LogP) is 0.478. The third-order valence-electron chi connectivity index (χ3n) is 3.51. The molecule has 9 heteroatoms. The minimum absolute atomic E-state index is 0.0721. The maximum absolute atomic E-state index is 12.9. The number of carbonyl (C=O) groups excluding carboxylic acids is 1. The molecule has 1 heterocycles. The van der Waals surface area contributed by atoms with Gasteiger partial charge in [0.1, 0.15) is 0 Å². The Bertz CT molecular complexity index is 389. The summed E-state index contributed by atoms with van der Waals surface area (Å²) in [5, 5.41) is 11.4. The Morgan fingerprint density at radius 1 is 1.43 bits per heavy atom. The van der Waals surface area contributed by atoms with Gasteiger partial charge in [0, 0.05) is 33.4 Å². The molecule has 1 unspecified atom stereocenters. The highest BCUT2D eigenvalue weighted by Gasteiger charge is 2.63. The van der Waals surface area contributed by atoms with Crippen molar-refractivity contribution in [1.29, 1.82) is 0 Å². The number of likely N-dealkylation sites (tertiary alicyclic amines) is 1. The van der Waals surface area contributed by atoms with E-state index in [-0.39, 0.29) is 13.1 Å². The number of alkyl halides is 3. The largest absolute Gasteiger partial charge is 0.481 e. The number of nitrogens with zero attached hydrogens (tertiary/aromatic N) is 1. The molecule has 1 atom stereocenters. The average Bonchev–Trinajstić information content (AvgIpc) is 2.79. The van der Waals surface area contributed by atoms with Crippen LogP contribution in [0.1, 0.15) is 12.8 Å². The van der Waals surface area contributed by atoms with Crippen LogP contribution in [0.5, 0.6) is 0 Å². The molecule has 1 aliphatic rings. The molecule has 21 heavy (non-hydrogen) atoms. The minimum atomic E-state index is -4.83. The number of carbonyl (C=O) groups is 2. The zero-order valence-electron chi connectivity index (χ0n) is 11.7. The molecule has 0 saturated carbocycles. The summed E-state index contributed by atoms with van der Waals surface area (Å²) >= 11 is 0. The molecule has 0 aliphatic carbocycles. The molecule has 0 aromatic rings. The van der Waals surface area contributed by atoms with E-state index >= 15 is 0 Å². The van der Waals surface area contributed by atoms with Gasteiger partial charge in [-0.3, -0.25) is 14.5 Å². The summed E-state index contributed by atoms with van der Waals surface area (Å²) in [7, 11) is 1.52. The summed E-state index contributed by atoms with van der Waals surface area (Å²) in [4.78, 5) is 23.8. The number of hydrogen-bond donors (Lipinski definition) is 2. The average molecular weight is 312 g/mol. The molecule has 2 N–H and O–H groups in total. The van der Waals surface area contributed by atoms with Gasteiger partial charge in [-0.15, -0.1) is 0 Å². The second-order valence-electron chi connectivity index (χ2n) is 5.04. The van der Waals surface area contributed by atoms with Crippen molar-refractivity contribution in [3.05, 3.63) is 0 Å². The SMILES string of the molecule is COCCCNC(=O)CN1CCC(C(=O)O)(C(F)(F)F)C1. The Balaban J connectivity index is 2.50. The lowest BCUT2D eigenvalue weighted by Gasteiger charge is -2.27. The number of amides is 1. The minimum Gasteiger partial charge on any atom is -0.481 e. The predicted molar refractivity (Wildman–Crippen MR) is 66.7 cm³/mol. The normalized spacial score (nSPS) is 23.2. The number of hydrogen-bond acceptors (Lipinski definition) is 4. The maximum atomic E-state index is 12.9. The van der Waals surface area contributed by atoms with Gasteiger partial charge in [0.2, 0.25) is 5.91 Å². The first kappa shape index (κ1) is 17.7. The Morgan fingerprint density at radius 3 is 2.57 bits per heavy atom. The van der Waals surface area contributed by atoms with Crippen molar-refractivity contribution >= 4 is 11.9 Å². The zero-order valence-corrected chi connectivity index (χ0v) is 11.7. The molecular formula is C12H19F3N2O4. The van der Waals surface area contributed by atoms with E-state index in [1.807, 2.05) is 0 Å². The number of aliphatic carboxylic acids is 1. The van der Waals surface area contributed by atoms with Crippen molar-refractivity contribution in [2.24, 2.45) is 5.41 Å². The lowest BCUT2D eigenvalue weighted by molar-refractivity contribution is -0.227. The van der Waals surface area contributed by atoms with Gasteiger partial charge < -0.3 is 15.2 Å². The first-order chi connectivity index (χ1) is 9.73. The van der Waals surface area contributed by atoms with E-state index in [9.17, 15) is 22.8 Å². The van der Waals surface area contributed by atoms with E-state index in [1.54, 1.807) is 0 Å². The number of rotatable bonds is 7. The second kappa shape index (κ2) is 7.08. The Labute approximate surface area is 120 Å². The third kappa shape index (κ3) is 4.31. The van der Waals surface area contributed by atoms with Crippen LogP contribution in [0.15, 0.2) is 0 Å². The van der Waals surface area contributed by atoms with Crippen LogP contribution in [0.3, 0.4) is 0 Å². The summed E-state index contributed by atoms with van der Waals surface area (Å²) in [6, 6.07) is 0. The topological polar surface area (TPSA) is 78.9 Å². The van der Waals surface area contributed by atoms with Crippen molar-refractivity contribution < 1.29 is 32.6 Å². The highest BCUT2D eigenvalue weighted by molar-refractivity contribution is 5.79. The van der Waals surface area contributed by atoms with Gasteiger partial charge in [-0.25, -0.2) is 0 Å².